The number of hydrogen-bond acceptors (Lipinski definition) is 4. The molecule has 5 heteroatoms. The molecular formula is C13H23N5. The molecule has 100 valence electrons. The van der Waals surface area contributed by atoms with Crippen LogP contribution in [0.2, 0.25) is 0 Å². The second kappa shape index (κ2) is 4.63. The number of fused-ring (bicyclic) bond motifs is 1. The van der Waals surface area contributed by atoms with Gasteiger partial charge in [-0.2, -0.15) is 0 Å². The summed E-state index contributed by atoms with van der Waals surface area (Å²) in [5.74, 6) is 1.88. The topological polar surface area (TPSA) is 60.0 Å². The van der Waals surface area contributed by atoms with Crippen molar-refractivity contribution in [3.05, 3.63) is 12.2 Å². The third kappa shape index (κ3) is 1.95. The standard InChI is InChI=1S/C13H23N5/c1-11-3-2-4-13(7-11,9-14)18-6-5-17-10-15-16-12(17)8-18/h10-11H,2-9,14H2,1H3. The maximum Gasteiger partial charge on any atom is 0.147 e. The Morgan fingerprint density at radius 3 is 3.17 bits per heavy atom. The van der Waals surface area contributed by atoms with Gasteiger partial charge in [-0.3, -0.25) is 4.90 Å². The van der Waals surface area contributed by atoms with Crippen LogP contribution in [0.4, 0.5) is 0 Å². The first-order valence-corrected chi connectivity index (χ1v) is 7.05. The predicted octanol–water partition coefficient (Wildman–Crippen LogP) is 1.00. The molecule has 1 aliphatic carbocycles. The van der Waals surface area contributed by atoms with Crippen molar-refractivity contribution in [2.75, 3.05) is 13.1 Å². The van der Waals surface area contributed by atoms with E-state index in [0.717, 1.165) is 37.9 Å². The number of rotatable bonds is 2. The fraction of sp³-hybridized carbons (Fsp3) is 0.846. The molecule has 1 saturated carbocycles. The second-order valence-corrected chi connectivity index (χ2v) is 5.99. The first-order valence-electron chi connectivity index (χ1n) is 7.05. The lowest BCUT2D eigenvalue weighted by molar-refractivity contribution is 0.0169. The van der Waals surface area contributed by atoms with Crippen LogP contribution in [0.25, 0.3) is 0 Å². The lowest BCUT2D eigenvalue weighted by Crippen LogP contribution is -2.57. The van der Waals surface area contributed by atoms with Gasteiger partial charge in [0.2, 0.25) is 0 Å². The molecule has 0 aromatic carbocycles. The van der Waals surface area contributed by atoms with Crippen molar-refractivity contribution in [1.29, 1.82) is 0 Å². The second-order valence-electron chi connectivity index (χ2n) is 5.99. The van der Waals surface area contributed by atoms with Gasteiger partial charge in [-0.05, 0) is 18.8 Å². The monoisotopic (exact) mass is 249 g/mol. The molecular weight excluding hydrogens is 226 g/mol. The highest BCUT2D eigenvalue weighted by atomic mass is 15.3. The van der Waals surface area contributed by atoms with Gasteiger partial charge in [0.05, 0.1) is 6.54 Å². The summed E-state index contributed by atoms with van der Waals surface area (Å²) in [4.78, 5) is 2.56. The van der Waals surface area contributed by atoms with Crippen molar-refractivity contribution < 1.29 is 0 Å². The Labute approximate surface area is 108 Å². The van der Waals surface area contributed by atoms with Crippen molar-refractivity contribution in [2.45, 2.75) is 51.2 Å². The van der Waals surface area contributed by atoms with Gasteiger partial charge in [0.1, 0.15) is 12.2 Å². The first-order chi connectivity index (χ1) is 8.73. The van der Waals surface area contributed by atoms with Crippen molar-refractivity contribution in [2.24, 2.45) is 11.7 Å². The van der Waals surface area contributed by atoms with Crippen LogP contribution in [0.15, 0.2) is 6.33 Å². The Hall–Kier alpha value is -0.940. The van der Waals surface area contributed by atoms with Gasteiger partial charge in [0.15, 0.2) is 0 Å². The van der Waals surface area contributed by atoms with Gasteiger partial charge in [-0.15, -0.1) is 10.2 Å². The Morgan fingerprint density at radius 2 is 2.39 bits per heavy atom. The van der Waals surface area contributed by atoms with Gasteiger partial charge in [0.25, 0.3) is 0 Å². The van der Waals surface area contributed by atoms with Crippen LogP contribution in [0.3, 0.4) is 0 Å². The molecule has 1 aromatic rings. The lowest BCUT2D eigenvalue weighted by atomic mass is 9.75. The summed E-state index contributed by atoms with van der Waals surface area (Å²) < 4.78 is 2.16. The summed E-state index contributed by atoms with van der Waals surface area (Å²) in [6, 6.07) is 0. The number of hydrogen-bond donors (Lipinski definition) is 1. The molecule has 1 aliphatic heterocycles. The number of aromatic nitrogens is 3. The van der Waals surface area contributed by atoms with Crippen LogP contribution in [0, 0.1) is 5.92 Å². The van der Waals surface area contributed by atoms with Gasteiger partial charge >= 0.3 is 0 Å². The van der Waals surface area contributed by atoms with Gasteiger partial charge in [-0.25, -0.2) is 0 Å². The van der Waals surface area contributed by atoms with E-state index < -0.39 is 0 Å². The quantitative estimate of drug-likeness (QED) is 0.849. The van der Waals surface area contributed by atoms with Gasteiger partial charge < -0.3 is 10.3 Å². The molecule has 2 atom stereocenters. The maximum atomic E-state index is 6.14. The average Bonchev–Trinajstić information content (AvgIpc) is 2.85. The number of nitrogens with two attached hydrogens (primary N) is 1. The van der Waals surface area contributed by atoms with E-state index in [1.807, 2.05) is 6.33 Å². The van der Waals surface area contributed by atoms with E-state index in [1.54, 1.807) is 0 Å². The molecule has 2 heterocycles. The Bertz CT molecular complexity index is 415. The van der Waals surface area contributed by atoms with Crippen LogP contribution in [-0.2, 0) is 13.1 Å². The molecule has 0 radical (unpaired) electrons. The molecule has 1 fully saturated rings. The Balaban J connectivity index is 1.81. The fourth-order valence-electron chi connectivity index (χ4n) is 3.71. The molecule has 0 saturated heterocycles. The zero-order chi connectivity index (χ0) is 12.6. The molecule has 0 spiro atoms. The summed E-state index contributed by atoms with van der Waals surface area (Å²) in [6.45, 7) is 6.11. The van der Waals surface area contributed by atoms with E-state index in [2.05, 4.69) is 26.6 Å². The Kier molecular flexibility index (Phi) is 3.11. The van der Waals surface area contributed by atoms with E-state index in [0.29, 0.717) is 0 Å². The molecule has 2 N–H and O–H groups in total. The molecule has 0 bridgehead atoms. The van der Waals surface area contributed by atoms with Crippen LogP contribution >= 0.6 is 0 Å². The molecule has 5 nitrogen and oxygen atoms in total. The predicted molar refractivity (Wildman–Crippen MR) is 69.8 cm³/mol. The molecule has 2 aliphatic rings. The zero-order valence-corrected chi connectivity index (χ0v) is 11.2. The molecule has 3 rings (SSSR count). The smallest absolute Gasteiger partial charge is 0.147 e. The van der Waals surface area contributed by atoms with Crippen LogP contribution in [0.5, 0.6) is 0 Å². The highest BCUT2D eigenvalue weighted by Crippen LogP contribution is 2.37. The third-order valence-electron chi connectivity index (χ3n) is 4.76. The summed E-state index contributed by atoms with van der Waals surface area (Å²) in [7, 11) is 0. The lowest BCUT2D eigenvalue weighted by Gasteiger charge is -2.49. The molecule has 18 heavy (non-hydrogen) atoms. The average molecular weight is 249 g/mol. The Morgan fingerprint density at radius 1 is 1.50 bits per heavy atom. The van der Waals surface area contributed by atoms with Crippen molar-refractivity contribution >= 4 is 0 Å². The molecule has 1 aromatic heterocycles. The third-order valence-corrected chi connectivity index (χ3v) is 4.76. The minimum Gasteiger partial charge on any atom is -0.329 e. The van der Waals surface area contributed by atoms with E-state index in [9.17, 15) is 0 Å². The van der Waals surface area contributed by atoms with Crippen molar-refractivity contribution in [1.82, 2.24) is 19.7 Å². The summed E-state index contributed by atoms with van der Waals surface area (Å²) in [6.07, 6.45) is 6.97. The van der Waals surface area contributed by atoms with Crippen LogP contribution < -0.4 is 5.73 Å². The largest absolute Gasteiger partial charge is 0.329 e. The highest BCUT2D eigenvalue weighted by molar-refractivity contribution is 5.00. The minimum atomic E-state index is 0.203. The highest BCUT2D eigenvalue weighted by Gasteiger charge is 2.40. The van der Waals surface area contributed by atoms with E-state index >= 15 is 0 Å². The maximum absolute atomic E-state index is 6.14. The zero-order valence-electron chi connectivity index (χ0n) is 11.2. The van der Waals surface area contributed by atoms with Crippen molar-refractivity contribution in [3.8, 4) is 0 Å². The summed E-state index contributed by atoms with van der Waals surface area (Å²) in [5.41, 5.74) is 6.35. The minimum absolute atomic E-state index is 0.203. The SMILES string of the molecule is CC1CCCC(CN)(N2CCn3cnnc3C2)C1. The fourth-order valence-corrected chi connectivity index (χ4v) is 3.71. The van der Waals surface area contributed by atoms with Gasteiger partial charge in [0, 0.05) is 25.2 Å². The van der Waals surface area contributed by atoms with Crippen LogP contribution in [0.1, 0.15) is 38.4 Å². The summed E-state index contributed by atoms with van der Waals surface area (Å²) >= 11 is 0. The van der Waals surface area contributed by atoms with E-state index in [1.165, 1.54) is 25.7 Å². The van der Waals surface area contributed by atoms with Gasteiger partial charge in [-0.1, -0.05) is 19.8 Å². The molecule has 0 amide bonds. The number of nitrogens with zero attached hydrogens (tertiary/aromatic N) is 4. The van der Waals surface area contributed by atoms with Crippen molar-refractivity contribution in [3.63, 3.8) is 0 Å². The normalized spacial score (nSPS) is 33.3. The van der Waals surface area contributed by atoms with E-state index in [4.69, 9.17) is 5.73 Å². The summed E-state index contributed by atoms with van der Waals surface area (Å²) in [5, 5.41) is 8.22. The first kappa shape index (κ1) is 12.1. The molecule has 2 unspecified atom stereocenters. The van der Waals surface area contributed by atoms with E-state index in [-0.39, 0.29) is 5.54 Å². The van der Waals surface area contributed by atoms with Crippen LogP contribution in [-0.4, -0.2) is 38.3 Å².